The molecule has 1 aliphatic rings. The van der Waals surface area contributed by atoms with Gasteiger partial charge in [0.25, 0.3) is 0 Å². The molecule has 10 heteroatoms. The normalized spacial score (nSPS) is 18.9. The Balaban J connectivity index is 2.29. The highest BCUT2D eigenvalue weighted by molar-refractivity contribution is 6.07. The van der Waals surface area contributed by atoms with Crippen LogP contribution < -0.4 is 15.5 Å². The van der Waals surface area contributed by atoms with Gasteiger partial charge in [-0.3, -0.25) is 19.3 Å². The molecular formula is C22H29N5O5. The SMILES string of the molecule is CC(=O)N1c2cc(C#N)ccc2NC(=O)[C@@H](NC(=O)[C@H](C)N(C)C(=O)OC(C)(C)C)[C@@H]1C. The summed E-state index contributed by atoms with van der Waals surface area (Å²) in [5.41, 5.74) is 0.319. The maximum absolute atomic E-state index is 12.9. The zero-order valence-electron chi connectivity index (χ0n) is 19.3. The summed E-state index contributed by atoms with van der Waals surface area (Å²) in [7, 11) is 1.43. The highest BCUT2D eigenvalue weighted by Crippen LogP contribution is 2.32. The molecule has 3 atom stereocenters. The Hall–Kier alpha value is -3.61. The second-order valence-electron chi connectivity index (χ2n) is 8.72. The molecule has 4 amide bonds. The molecule has 172 valence electrons. The van der Waals surface area contributed by atoms with Crippen LogP contribution in [0.1, 0.15) is 47.1 Å². The molecule has 0 aliphatic carbocycles. The van der Waals surface area contributed by atoms with E-state index in [0.717, 1.165) is 4.90 Å². The van der Waals surface area contributed by atoms with Crippen molar-refractivity contribution in [3.05, 3.63) is 23.8 Å². The van der Waals surface area contributed by atoms with Crippen LogP contribution in [0.2, 0.25) is 0 Å². The Morgan fingerprint density at radius 1 is 1.31 bits per heavy atom. The molecule has 1 heterocycles. The number of nitrogens with one attached hydrogen (secondary N) is 2. The number of ether oxygens (including phenoxy) is 1. The van der Waals surface area contributed by atoms with Gasteiger partial charge in [-0.1, -0.05) is 0 Å². The summed E-state index contributed by atoms with van der Waals surface area (Å²) in [5, 5.41) is 14.6. The number of hydrogen-bond donors (Lipinski definition) is 2. The molecular weight excluding hydrogens is 414 g/mol. The summed E-state index contributed by atoms with van der Waals surface area (Å²) >= 11 is 0. The monoisotopic (exact) mass is 443 g/mol. The van der Waals surface area contributed by atoms with Gasteiger partial charge < -0.3 is 20.3 Å². The number of anilines is 2. The van der Waals surface area contributed by atoms with Crippen molar-refractivity contribution in [1.29, 1.82) is 5.26 Å². The van der Waals surface area contributed by atoms with Crippen LogP contribution in [-0.2, 0) is 19.1 Å². The first-order valence-corrected chi connectivity index (χ1v) is 10.2. The van der Waals surface area contributed by atoms with Gasteiger partial charge in [0, 0.05) is 14.0 Å². The molecule has 0 radical (unpaired) electrons. The summed E-state index contributed by atoms with van der Waals surface area (Å²) in [6.07, 6.45) is -0.680. The average molecular weight is 444 g/mol. The number of fused-ring (bicyclic) bond motifs is 1. The van der Waals surface area contributed by atoms with Gasteiger partial charge in [0.1, 0.15) is 17.7 Å². The first-order chi connectivity index (χ1) is 14.8. The van der Waals surface area contributed by atoms with Crippen LogP contribution in [-0.4, -0.2) is 59.5 Å². The third kappa shape index (κ3) is 5.35. The quantitative estimate of drug-likeness (QED) is 0.734. The summed E-state index contributed by atoms with van der Waals surface area (Å²) in [6.45, 7) is 9.62. The lowest BCUT2D eigenvalue weighted by atomic mass is 10.1. The van der Waals surface area contributed by atoms with Crippen molar-refractivity contribution in [3.8, 4) is 6.07 Å². The second-order valence-corrected chi connectivity index (χ2v) is 8.72. The summed E-state index contributed by atoms with van der Waals surface area (Å²) in [5.74, 6) is -1.46. The molecule has 2 N–H and O–H groups in total. The Labute approximate surface area is 187 Å². The van der Waals surface area contributed by atoms with Crippen LogP contribution in [0.15, 0.2) is 18.2 Å². The first kappa shape index (κ1) is 24.7. The van der Waals surface area contributed by atoms with Gasteiger partial charge in [0.15, 0.2) is 0 Å². The molecule has 2 rings (SSSR count). The van der Waals surface area contributed by atoms with Crippen LogP contribution in [0.25, 0.3) is 0 Å². The number of benzene rings is 1. The molecule has 1 aromatic rings. The van der Waals surface area contributed by atoms with Gasteiger partial charge in [-0.2, -0.15) is 5.26 Å². The molecule has 0 fully saturated rings. The molecule has 0 saturated heterocycles. The van der Waals surface area contributed by atoms with Crippen LogP contribution in [0.3, 0.4) is 0 Å². The van der Waals surface area contributed by atoms with E-state index in [1.54, 1.807) is 27.7 Å². The molecule has 0 bridgehead atoms. The van der Waals surface area contributed by atoms with Gasteiger partial charge >= 0.3 is 6.09 Å². The highest BCUT2D eigenvalue weighted by atomic mass is 16.6. The number of rotatable bonds is 3. The minimum absolute atomic E-state index is 0.326. The van der Waals surface area contributed by atoms with E-state index in [-0.39, 0.29) is 5.91 Å². The van der Waals surface area contributed by atoms with Gasteiger partial charge in [0.05, 0.1) is 29.0 Å². The molecule has 1 aromatic carbocycles. The van der Waals surface area contributed by atoms with E-state index in [1.165, 1.54) is 44.0 Å². The van der Waals surface area contributed by atoms with Crippen LogP contribution in [0.4, 0.5) is 16.2 Å². The smallest absolute Gasteiger partial charge is 0.410 e. The lowest BCUT2D eigenvalue weighted by Crippen LogP contribution is -2.59. The van der Waals surface area contributed by atoms with Crippen molar-refractivity contribution in [1.82, 2.24) is 10.2 Å². The van der Waals surface area contributed by atoms with Gasteiger partial charge in [-0.25, -0.2) is 4.79 Å². The van der Waals surface area contributed by atoms with Gasteiger partial charge in [0.2, 0.25) is 17.7 Å². The molecule has 32 heavy (non-hydrogen) atoms. The van der Waals surface area contributed by atoms with E-state index in [4.69, 9.17) is 4.74 Å². The fourth-order valence-electron chi connectivity index (χ4n) is 3.29. The number of likely N-dealkylation sites (N-methyl/N-ethyl adjacent to an activating group) is 1. The number of carbonyl (C=O) groups excluding carboxylic acids is 4. The zero-order chi connectivity index (χ0) is 24.4. The standard InChI is InChI=1S/C22H29N5O5/c1-12-18(25-19(29)13(2)26(7)21(31)32-22(4,5)6)20(30)24-16-9-8-15(11-23)10-17(16)27(12)14(3)28/h8-10,12-13,18H,1-7H3,(H,24,30)(H,25,29)/t12-,13-,18-/m0/s1. The van der Waals surface area contributed by atoms with E-state index in [9.17, 15) is 24.4 Å². The van der Waals surface area contributed by atoms with Crippen molar-refractivity contribution >= 4 is 35.2 Å². The number of nitriles is 1. The lowest BCUT2D eigenvalue weighted by Gasteiger charge is -2.33. The molecule has 0 saturated carbocycles. The van der Waals surface area contributed by atoms with Crippen LogP contribution in [0.5, 0.6) is 0 Å². The summed E-state index contributed by atoms with van der Waals surface area (Å²) in [4.78, 5) is 53.1. The maximum Gasteiger partial charge on any atom is 0.410 e. The molecule has 10 nitrogen and oxygen atoms in total. The molecule has 0 spiro atoms. The number of carbonyl (C=O) groups is 4. The zero-order valence-corrected chi connectivity index (χ0v) is 19.3. The molecule has 1 aliphatic heterocycles. The number of amides is 4. The maximum atomic E-state index is 12.9. The minimum atomic E-state index is -1.10. The summed E-state index contributed by atoms with van der Waals surface area (Å²) in [6, 6.07) is 3.79. The Morgan fingerprint density at radius 3 is 2.47 bits per heavy atom. The minimum Gasteiger partial charge on any atom is -0.444 e. The molecule has 0 aromatic heterocycles. The second kappa shape index (κ2) is 9.26. The lowest BCUT2D eigenvalue weighted by molar-refractivity contribution is -0.130. The van der Waals surface area contributed by atoms with E-state index in [0.29, 0.717) is 16.9 Å². The Morgan fingerprint density at radius 2 is 1.94 bits per heavy atom. The van der Waals surface area contributed by atoms with Crippen molar-refractivity contribution in [3.63, 3.8) is 0 Å². The van der Waals surface area contributed by atoms with Crippen molar-refractivity contribution in [2.75, 3.05) is 17.3 Å². The van der Waals surface area contributed by atoms with Crippen molar-refractivity contribution in [2.45, 2.75) is 65.3 Å². The third-order valence-electron chi connectivity index (χ3n) is 5.10. The largest absolute Gasteiger partial charge is 0.444 e. The fourth-order valence-corrected chi connectivity index (χ4v) is 3.29. The van der Waals surface area contributed by atoms with Crippen molar-refractivity contribution in [2.24, 2.45) is 0 Å². The summed E-state index contributed by atoms with van der Waals surface area (Å²) < 4.78 is 5.28. The Bertz CT molecular complexity index is 978. The van der Waals surface area contributed by atoms with Crippen molar-refractivity contribution < 1.29 is 23.9 Å². The number of nitrogens with zero attached hydrogens (tertiary/aromatic N) is 3. The van der Waals surface area contributed by atoms with Crippen LogP contribution in [0, 0.1) is 11.3 Å². The average Bonchev–Trinajstić information content (AvgIpc) is 2.79. The van der Waals surface area contributed by atoms with Gasteiger partial charge in [-0.15, -0.1) is 0 Å². The Kier molecular flexibility index (Phi) is 7.13. The predicted octanol–water partition coefficient (Wildman–Crippen LogP) is 1.99. The fraction of sp³-hybridized carbons (Fsp3) is 0.500. The predicted molar refractivity (Wildman–Crippen MR) is 118 cm³/mol. The van der Waals surface area contributed by atoms with E-state index in [2.05, 4.69) is 10.6 Å². The van der Waals surface area contributed by atoms with Crippen LogP contribution >= 0.6 is 0 Å². The molecule has 0 unspecified atom stereocenters. The van der Waals surface area contributed by atoms with E-state index >= 15 is 0 Å². The third-order valence-corrected chi connectivity index (χ3v) is 5.10. The van der Waals surface area contributed by atoms with E-state index < -0.39 is 41.6 Å². The first-order valence-electron chi connectivity index (χ1n) is 10.2. The topological polar surface area (TPSA) is 132 Å². The van der Waals surface area contributed by atoms with E-state index in [1.807, 2.05) is 6.07 Å². The number of hydrogen-bond acceptors (Lipinski definition) is 6. The van der Waals surface area contributed by atoms with Gasteiger partial charge in [-0.05, 0) is 52.8 Å². The highest BCUT2D eigenvalue weighted by Gasteiger charge is 2.39.